The fraction of sp³-hybridized carbons (Fsp3) is 0.182. The van der Waals surface area contributed by atoms with Crippen molar-refractivity contribution in [2.75, 3.05) is 5.43 Å². The zero-order chi connectivity index (χ0) is 15.4. The van der Waals surface area contributed by atoms with Crippen LogP contribution in [0.15, 0.2) is 33.7 Å². The summed E-state index contributed by atoms with van der Waals surface area (Å²) in [6, 6.07) is 4.21. The minimum absolute atomic E-state index is 0.0698. The molecule has 8 nitrogen and oxygen atoms in total. The van der Waals surface area contributed by atoms with E-state index in [1.807, 2.05) is 6.92 Å². The summed E-state index contributed by atoms with van der Waals surface area (Å²) in [5.41, 5.74) is 2.69. The second-order valence-electron chi connectivity index (χ2n) is 3.85. The van der Waals surface area contributed by atoms with E-state index in [0.29, 0.717) is 16.2 Å². The van der Waals surface area contributed by atoms with Gasteiger partial charge in [-0.2, -0.15) is 0 Å². The number of hydrogen-bond acceptors (Lipinski definition) is 8. The monoisotopic (exact) mass is 325 g/mol. The van der Waals surface area contributed by atoms with Gasteiger partial charge >= 0.3 is 0 Å². The van der Waals surface area contributed by atoms with E-state index in [-0.39, 0.29) is 22.3 Å². The van der Waals surface area contributed by atoms with Gasteiger partial charge in [-0.1, -0.05) is 11.3 Å². The Balaban J connectivity index is 2.35. The lowest BCUT2D eigenvalue weighted by atomic mass is 10.2. The molecule has 0 aliphatic rings. The quantitative estimate of drug-likeness (QED) is 0.250. The summed E-state index contributed by atoms with van der Waals surface area (Å²) < 4.78 is 2.00. The molecule has 21 heavy (non-hydrogen) atoms. The van der Waals surface area contributed by atoms with Crippen molar-refractivity contribution in [3.8, 4) is 11.6 Å². The van der Waals surface area contributed by atoms with Crippen LogP contribution in [0.5, 0.6) is 11.6 Å². The van der Waals surface area contributed by atoms with E-state index < -0.39 is 0 Å². The number of nitrogens with one attached hydrogen (secondary N) is 1. The van der Waals surface area contributed by atoms with E-state index in [2.05, 4.69) is 20.9 Å². The van der Waals surface area contributed by atoms with Gasteiger partial charge < -0.3 is 10.2 Å². The first-order valence-corrected chi connectivity index (χ1v) is 7.05. The number of thiazole rings is 1. The third-order valence-electron chi connectivity index (χ3n) is 2.57. The molecule has 0 unspecified atom stereocenters. The predicted molar refractivity (Wildman–Crippen MR) is 82.2 cm³/mol. The highest BCUT2D eigenvalue weighted by atomic mass is 32.1. The number of hydrogen-bond donors (Lipinski definition) is 3. The number of nitrogens with zero attached hydrogens (tertiary/aromatic N) is 4. The lowest BCUT2D eigenvalue weighted by molar-refractivity contribution is 0.421. The summed E-state index contributed by atoms with van der Waals surface area (Å²) in [4.78, 5) is 10.1. The number of aromatic nitrogens is 1. The number of rotatable bonds is 5. The molecule has 110 valence electrons. The van der Waals surface area contributed by atoms with E-state index in [4.69, 9.17) is 12.2 Å². The molecule has 0 saturated heterocycles. The Morgan fingerprint density at radius 3 is 2.76 bits per heavy atom. The molecule has 2 rings (SSSR count). The molecule has 10 heteroatoms. The molecule has 1 aromatic heterocycles. The number of nitroso groups, excluding NO2 is 1. The van der Waals surface area contributed by atoms with Crippen LogP contribution in [0.3, 0.4) is 0 Å². The van der Waals surface area contributed by atoms with Crippen molar-refractivity contribution in [2.24, 2.45) is 15.5 Å². The first-order valence-electron chi connectivity index (χ1n) is 5.82. The zero-order valence-electron chi connectivity index (χ0n) is 10.8. The molecule has 0 aliphatic heterocycles. The highest BCUT2D eigenvalue weighted by molar-refractivity contribution is 7.73. The van der Waals surface area contributed by atoms with Gasteiger partial charge in [-0.3, -0.25) is 4.57 Å². The second-order valence-corrected chi connectivity index (χ2v) is 5.47. The number of aromatic hydroxyl groups is 2. The van der Waals surface area contributed by atoms with Crippen molar-refractivity contribution in [2.45, 2.75) is 13.5 Å². The fourth-order valence-corrected chi connectivity index (χ4v) is 2.78. The topological polar surface area (TPSA) is 112 Å². The first-order chi connectivity index (χ1) is 10.1. The Hall–Kier alpha value is -2.33. The zero-order valence-corrected chi connectivity index (χ0v) is 12.5. The minimum atomic E-state index is -0.117. The molecule has 3 N–H and O–H groups in total. The normalized spacial score (nSPS) is 10.9. The Kier molecular flexibility index (Phi) is 4.60. The average Bonchev–Trinajstić information content (AvgIpc) is 2.73. The van der Waals surface area contributed by atoms with E-state index in [0.717, 1.165) is 11.3 Å². The summed E-state index contributed by atoms with van der Waals surface area (Å²) in [5.74, 6) is -0.187. The maximum absolute atomic E-state index is 10.1. The van der Waals surface area contributed by atoms with Crippen molar-refractivity contribution < 1.29 is 10.2 Å². The summed E-state index contributed by atoms with van der Waals surface area (Å²) in [7, 11) is 0. The van der Waals surface area contributed by atoms with E-state index in [1.54, 1.807) is 0 Å². The molecule has 0 radical (unpaired) electrons. The Labute approximate surface area is 128 Å². The Morgan fingerprint density at radius 2 is 2.14 bits per heavy atom. The van der Waals surface area contributed by atoms with Gasteiger partial charge in [-0.05, 0) is 37.3 Å². The minimum Gasteiger partial charge on any atom is -0.506 e. The molecule has 0 atom stereocenters. The number of anilines is 1. The van der Waals surface area contributed by atoms with Crippen LogP contribution in [0.25, 0.3) is 0 Å². The molecule has 0 aliphatic carbocycles. The second kappa shape index (κ2) is 6.41. The number of phenolic OH excluding ortho intramolecular Hbond substituents is 1. The molecule has 0 fully saturated rings. The van der Waals surface area contributed by atoms with Crippen molar-refractivity contribution in [3.63, 3.8) is 0 Å². The van der Waals surface area contributed by atoms with Gasteiger partial charge in [0.25, 0.3) is 0 Å². The third kappa shape index (κ3) is 3.23. The van der Waals surface area contributed by atoms with Gasteiger partial charge in [-0.25, -0.2) is 5.43 Å². The molecule has 1 heterocycles. The predicted octanol–water partition coefficient (Wildman–Crippen LogP) is 4.22. The largest absolute Gasteiger partial charge is 0.506 e. The molecule has 2 aromatic rings. The maximum Gasteiger partial charge on any atom is 0.232 e. The first kappa shape index (κ1) is 15.1. The van der Waals surface area contributed by atoms with Gasteiger partial charge in [0.1, 0.15) is 11.4 Å². The molecular weight excluding hydrogens is 314 g/mol. The fourth-order valence-electron chi connectivity index (χ4n) is 1.55. The molecule has 0 saturated carbocycles. The smallest absolute Gasteiger partial charge is 0.232 e. The van der Waals surface area contributed by atoms with Crippen molar-refractivity contribution >= 4 is 39.9 Å². The van der Waals surface area contributed by atoms with Crippen LogP contribution in [0.2, 0.25) is 0 Å². The van der Waals surface area contributed by atoms with Crippen molar-refractivity contribution in [1.82, 2.24) is 4.57 Å². The van der Waals surface area contributed by atoms with E-state index in [1.165, 1.54) is 22.8 Å². The standard InChI is InChI=1S/C11H11N5O3S2/c1-2-16-10(18)9(21-11(16)20)14-13-7-5-6(12-15-19)3-4-8(7)17/h3-5,17-18H,2H2,1H3,(H,12,19). The highest BCUT2D eigenvalue weighted by Crippen LogP contribution is 2.37. The Bertz CT molecular complexity index is 753. The molecule has 0 amide bonds. The number of azo groups is 1. The summed E-state index contributed by atoms with van der Waals surface area (Å²) in [6.07, 6.45) is 0. The van der Waals surface area contributed by atoms with Crippen LogP contribution >= 0.6 is 23.6 Å². The van der Waals surface area contributed by atoms with Crippen LogP contribution in [-0.2, 0) is 6.54 Å². The summed E-state index contributed by atoms with van der Waals surface area (Å²) in [6.45, 7) is 2.36. The van der Waals surface area contributed by atoms with Gasteiger partial charge in [0.2, 0.25) is 10.9 Å². The lowest BCUT2D eigenvalue weighted by Crippen LogP contribution is -1.90. The average molecular weight is 325 g/mol. The van der Waals surface area contributed by atoms with Gasteiger partial charge in [0.05, 0.1) is 11.0 Å². The lowest BCUT2D eigenvalue weighted by Gasteiger charge is -2.01. The van der Waals surface area contributed by atoms with Gasteiger partial charge in [-0.15, -0.1) is 15.1 Å². The van der Waals surface area contributed by atoms with Crippen LogP contribution in [0, 0.1) is 8.86 Å². The van der Waals surface area contributed by atoms with E-state index >= 15 is 0 Å². The van der Waals surface area contributed by atoms with Crippen molar-refractivity contribution in [3.05, 3.63) is 27.1 Å². The summed E-state index contributed by atoms with van der Waals surface area (Å²) >= 11 is 6.19. The van der Waals surface area contributed by atoms with Crippen LogP contribution < -0.4 is 5.43 Å². The summed E-state index contributed by atoms with van der Waals surface area (Å²) in [5, 5.41) is 30.1. The third-order valence-corrected chi connectivity index (χ3v) is 3.89. The molecule has 1 aromatic carbocycles. The molecule has 0 bridgehead atoms. The van der Waals surface area contributed by atoms with Crippen molar-refractivity contribution in [1.29, 1.82) is 0 Å². The maximum atomic E-state index is 10.1. The van der Waals surface area contributed by atoms with Gasteiger partial charge in [0.15, 0.2) is 3.95 Å². The van der Waals surface area contributed by atoms with Crippen LogP contribution in [-0.4, -0.2) is 14.8 Å². The molecular formula is C11H11N5O3S2. The number of benzene rings is 1. The highest BCUT2D eigenvalue weighted by Gasteiger charge is 2.10. The molecule has 0 spiro atoms. The Morgan fingerprint density at radius 1 is 1.38 bits per heavy atom. The van der Waals surface area contributed by atoms with Gasteiger partial charge in [0, 0.05) is 6.54 Å². The SMILES string of the molecule is CCn1c(O)c(N=Nc2cc(NN=O)ccc2O)sc1=S. The van der Waals surface area contributed by atoms with E-state index in [9.17, 15) is 15.1 Å². The van der Waals surface area contributed by atoms with Crippen LogP contribution in [0.4, 0.5) is 16.4 Å². The number of phenols is 1. The van der Waals surface area contributed by atoms with Crippen LogP contribution in [0.1, 0.15) is 6.92 Å².